The molecule has 2 unspecified atom stereocenters. The largest absolute Gasteiger partial charge is 0.472 e. The van der Waals surface area contributed by atoms with Crippen molar-refractivity contribution < 1.29 is 37.6 Å². The minimum atomic E-state index is -4.39. The highest BCUT2D eigenvalue weighted by Gasteiger charge is 2.26. The Kier molecular flexibility index (Phi) is 47.4. The van der Waals surface area contributed by atoms with Gasteiger partial charge >= 0.3 is 19.8 Å². The zero-order chi connectivity index (χ0) is 46.7. The molecule has 0 radical (unpaired) electrons. The summed E-state index contributed by atoms with van der Waals surface area (Å²) in [6.45, 7) is 3.59. The van der Waals surface area contributed by atoms with E-state index >= 15 is 0 Å². The van der Waals surface area contributed by atoms with Crippen molar-refractivity contribution in [2.45, 2.75) is 219 Å². The van der Waals surface area contributed by atoms with Gasteiger partial charge in [0.05, 0.1) is 13.2 Å². The molecular formula is C54H94NO8P. The number of carbonyl (C=O) groups excluding carboxylic acids is 2. The number of unbranched alkanes of at least 4 members (excludes halogenated alkanes) is 20. The Morgan fingerprint density at radius 3 is 1.28 bits per heavy atom. The van der Waals surface area contributed by atoms with Crippen LogP contribution in [0.25, 0.3) is 0 Å². The molecular weight excluding hydrogens is 822 g/mol. The highest BCUT2D eigenvalue weighted by atomic mass is 31.2. The number of hydrogen-bond acceptors (Lipinski definition) is 8. The van der Waals surface area contributed by atoms with E-state index in [9.17, 15) is 19.0 Å². The first-order valence-corrected chi connectivity index (χ1v) is 27.1. The molecule has 64 heavy (non-hydrogen) atoms. The average molecular weight is 916 g/mol. The highest BCUT2D eigenvalue weighted by Crippen LogP contribution is 2.43. The first-order chi connectivity index (χ1) is 31.3. The molecule has 0 bridgehead atoms. The number of carbonyl (C=O) groups is 2. The van der Waals surface area contributed by atoms with E-state index in [2.05, 4.69) is 98.9 Å². The molecule has 0 saturated carbocycles. The zero-order valence-corrected chi connectivity index (χ0v) is 41.6. The molecule has 0 amide bonds. The fraction of sp³-hybridized carbons (Fsp3) is 0.704. The molecule has 0 aromatic carbocycles. The molecule has 9 nitrogen and oxygen atoms in total. The minimum absolute atomic E-state index is 0.0473. The first kappa shape index (κ1) is 61.2. The van der Waals surface area contributed by atoms with Gasteiger partial charge in [-0.1, -0.05) is 195 Å². The van der Waals surface area contributed by atoms with Crippen LogP contribution in [0.15, 0.2) is 85.1 Å². The number of hydrogen-bond donors (Lipinski definition) is 2. The van der Waals surface area contributed by atoms with E-state index < -0.39 is 32.5 Å². The Hall–Kier alpha value is -2.81. The third-order valence-electron chi connectivity index (χ3n) is 10.5. The van der Waals surface area contributed by atoms with Crippen molar-refractivity contribution in [1.82, 2.24) is 0 Å². The number of esters is 2. The van der Waals surface area contributed by atoms with Crippen LogP contribution in [0.5, 0.6) is 0 Å². The Balaban J connectivity index is 4.06. The van der Waals surface area contributed by atoms with Gasteiger partial charge in [0.2, 0.25) is 0 Å². The van der Waals surface area contributed by atoms with Crippen LogP contribution in [-0.2, 0) is 32.7 Å². The number of phosphoric ester groups is 1. The summed E-state index contributed by atoms with van der Waals surface area (Å²) in [5, 5.41) is 0. The highest BCUT2D eigenvalue weighted by molar-refractivity contribution is 7.47. The lowest BCUT2D eigenvalue weighted by atomic mass is 10.0. The maximum absolute atomic E-state index is 12.7. The number of rotatable bonds is 47. The molecule has 3 N–H and O–H groups in total. The predicted molar refractivity (Wildman–Crippen MR) is 270 cm³/mol. The summed E-state index contributed by atoms with van der Waals surface area (Å²) in [6, 6.07) is 0. The standard InChI is InChI=1S/C54H94NO8P/c1-3-5-7-9-11-13-15-17-19-21-22-23-24-25-26-27-28-29-30-31-33-35-37-39-41-43-45-47-54(57)63-52(51-62-64(58,59)61-49-48-55)50-60-53(56)46-44-42-40-38-36-34-32-20-18-16-14-12-10-8-6-4-2/h5,7,11,13-14,16-17,19-20,22-23,25-26,32,52H,3-4,6,8-10,12,15,18,21,24,27-31,33-51,55H2,1-2H3,(H,58,59)/b7-5-,13-11-,16-14-,19-17-,23-22-,26-25-,32-20-. The summed E-state index contributed by atoms with van der Waals surface area (Å²) in [6.07, 6.45) is 63.3. The molecule has 2 atom stereocenters. The second-order valence-electron chi connectivity index (χ2n) is 16.7. The average Bonchev–Trinajstić information content (AvgIpc) is 3.28. The van der Waals surface area contributed by atoms with Crippen LogP contribution in [0.1, 0.15) is 213 Å². The number of ether oxygens (including phenoxy) is 2. The fourth-order valence-corrected chi connectivity index (χ4v) is 7.52. The van der Waals surface area contributed by atoms with Gasteiger partial charge in [0, 0.05) is 19.4 Å². The molecule has 368 valence electrons. The van der Waals surface area contributed by atoms with Gasteiger partial charge in [-0.25, -0.2) is 4.57 Å². The van der Waals surface area contributed by atoms with Crippen LogP contribution < -0.4 is 5.73 Å². The first-order valence-electron chi connectivity index (χ1n) is 25.6. The number of allylic oxidation sites excluding steroid dienone is 14. The Labute approximate surface area is 392 Å². The summed E-state index contributed by atoms with van der Waals surface area (Å²) < 4.78 is 32.9. The van der Waals surface area contributed by atoms with Crippen LogP contribution in [0.2, 0.25) is 0 Å². The SMILES string of the molecule is CC/C=C\C/C=C\C/C=C\C/C=C\C/C=C\CCCCCCCCCCCCCC(=O)OC(COC(=O)CCCCCCC/C=C\C/C=C\CCCCCC)COP(=O)(O)OCCN. The lowest BCUT2D eigenvalue weighted by molar-refractivity contribution is -0.161. The van der Waals surface area contributed by atoms with Crippen LogP contribution in [0, 0.1) is 0 Å². The molecule has 10 heteroatoms. The molecule has 0 rings (SSSR count). The molecule has 0 aromatic heterocycles. The van der Waals surface area contributed by atoms with Gasteiger partial charge in [-0.15, -0.1) is 0 Å². The molecule has 0 fully saturated rings. The monoisotopic (exact) mass is 916 g/mol. The van der Waals surface area contributed by atoms with Gasteiger partial charge in [0.1, 0.15) is 6.61 Å². The van der Waals surface area contributed by atoms with Gasteiger partial charge in [0.25, 0.3) is 0 Å². The Bertz CT molecular complexity index is 1320. The summed E-state index contributed by atoms with van der Waals surface area (Å²) in [7, 11) is -4.39. The van der Waals surface area contributed by atoms with Crippen molar-refractivity contribution in [2.24, 2.45) is 5.73 Å². The van der Waals surface area contributed by atoms with Crippen LogP contribution in [0.4, 0.5) is 0 Å². The third kappa shape index (κ3) is 48.6. The van der Waals surface area contributed by atoms with Crippen molar-refractivity contribution in [3.05, 3.63) is 85.1 Å². The zero-order valence-electron chi connectivity index (χ0n) is 40.7. The van der Waals surface area contributed by atoms with E-state index in [-0.39, 0.29) is 32.6 Å². The van der Waals surface area contributed by atoms with E-state index in [1.165, 1.54) is 77.0 Å². The van der Waals surface area contributed by atoms with Crippen molar-refractivity contribution in [3.8, 4) is 0 Å². The summed E-state index contributed by atoms with van der Waals surface area (Å²) in [5.41, 5.74) is 5.36. The smallest absolute Gasteiger partial charge is 0.462 e. The third-order valence-corrected chi connectivity index (χ3v) is 11.5. The van der Waals surface area contributed by atoms with Gasteiger partial charge in [-0.3, -0.25) is 18.6 Å². The van der Waals surface area contributed by atoms with Gasteiger partial charge < -0.3 is 20.1 Å². The number of nitrogens with two attached hydrogens (primary N) is 1. The normalized spacial score (nSPS) is 13.9. The van der Waals surface area contributed by atoms with E-state index in [1.54, 1.807) is 0 Å². The molecule has 0 aliphatic rings. The quantitative estimate of drug-likeness (QED) is 0.0265. The lowest BCUT2D eigenvalue weighted by Gasteiger charge is -2.19. The Morgan fingerprint density at radius 2 is 0.859 bits per heavy atom. The molecule has 0 heterocycles. The van der Waals surface area contributed by atoms with Crippen molar-refractivity contribution >= 4 is 19.8 Å². The van der Waals surface area contributed by atoms with Crippen LogP contribution in [0.3, 0.4) is 0 Å². The van der Waals surface area contributed by atoms with Crippen LogP contribution >= 0.6 is 7.82 Å². The Morgan fingerprint density at radius 1 is 0.484 bits per heavy atom. The topological polar surface area (TPSA) is 134 Å². The second kappa shape index (κ2) is 49.6. The summed E-state index contributed by atoms with van der Waals surface area (Å²) >= 11 is 0. The fourth-order valence-electron chi connectivity index (χ4n) is 6.75. The van der Waals surface area contributed by atoms with Gasteiger partial charge in [0.15, 0.2) is 6.10 Å². The molecule has 0 aromatic rings. The van der Waals surface area contributed by atoms with Gasteiger partial charge in [-0.2, -0.15) is 0 Å². The minimum Gasteiger partial charge on any atom is -0.462 e. The van der Waals surface area contributed by atoms with Crippen molar-refractivity contribution in [3.63, 3.8) is 0 Å². The van der Waals surface area contributed by atoms with E-state index in [0.29, 0.717) is 12.8 Å². The van der Waals surface area contributed by atoms with Crippen molar-refractivity contribution in [1.29, 1.82) is 0 Å². The molecule has 0 aliphatic carbocycles. The van der Waals surface area contributed by atoms with E-state index in [0.717, 1.165) is 96.3 Å². The predicted octanol–water partition coefficient (Wildman–Crippen LogP) is 15.6. The van der Waals surface area contributed by atoms with Gasteiger partial charge in [-0.05, 0) is 89.9 Å². The van der Waals surface area contributed by atoms with E-state index in [4.69, 9.17) is 24.3 Å². The van der Waals surface area contributed by atoms with Crippen LogP contribution in [-0.4, -0.2) is 49.3 Å². The van der Waals surface area contributed by atoms with Crippen molar-refractivity contribution in [2.75, 3.05) is 26.4 Å². The molecule has 0 saturated heterocycles. The number of phosphoric acid groups is 1. The lowest BCUT2D eigenvalue weighted by Crippen LogP contribution is -2.29. The summed E-state index contributed by atoms with van der Waals surface area (Å²) in [5.74, 6) is -0.850. The molecule has 0 aliphatic heterocycles. The maximum atomic E-state index is 12.7. The van der Waals surface area contributed by atoms with E-state index in [1.807, 2.05) is 0 Å². The maximum Gasteiger partial charge on any atom is 0.472 e. The summed E-state index contributed by atoms with van der Waals surface area (Å²) in [4.78, 5) is 35.0. The second-order valence-corrected chi connectivity index (χ2v) is 18.1. The molecule has 0 spiro atoms.